The van der Waals surface area contributed by atoms with E-state index >= 15 is 0 Å². The van der Waals surface area contributed by atoms with E-state index in [2.05, 4.69) is 44.3 Å². The lowest BCUT2D eigenvalue weighted by Gasteiger charge is -2.64. The van der Waals surface area contributed by atoms with E-state index in [-0.39, 0.29) is 46.4 Å². The molecule has 6 rings (SSSR count). The van der Waals surface area contributed by atoms with Crippen molar-refractivity contribution in [2.24, 2.45) is 29.1 Å². The van der Waals surface area contributed by atoms with Gasteiger partial charge in [-0.2, -0.15) is 5.26 Å². The lowest BCUT2D eigenvalue weighted by atomic mass is 9.43. The summed E-state index contributed by atoms with van der Waals surface area (Å²) >= 11 is 0. The molecule has 7 nitrogen and oxygen atoms in total. The van der Waals surface area contributed by atoms with Crippen molar-refractivity contribution in [2.45, 2.75) is 104 Å². The molecule has 3 aliphatic carbocycles. The highest BCUT2D eigenvalue weighted by Crippen LogP contribution is 2.65. The zero-order chi connectivity index (χ0) is 30.1. The number of piperidine rings is 1. The quantitative estimate of drug-likeness (QED) is 0.227. The minimum atomic E-state index is -0.454. The molecular weight excluding hydrogens is 525 g/mol. The number of nitrogens with zero attached hydrogens (tertiary/aromatic N) is 2. The summed E-state index contributed by atoms with van der Waals surface area (Å²) < 4.78 is 13.3. The Morgan fingerprint density at radius 2 is 1.88 bits per heavy atom. The van der Waals surface area contributed by atoms with E-state index < -0.39 is 7.12 Å². The predicted molar refractivity (Wildman–Crippen MR) is 164 cm³/mol. The van der Waals surface area contributed by atoms with E-state index in [1.807, 2.05) is 32.0 Å². The van der Waals surface area contributed by atoms with Crippen molar-refractivity contribution in [3.63, 3.8) is 0 Å². The Morgan fingerprint density at radius 3 is 2.52 bits per heavy atom. The zero-order valence-corrected chi connectivity index (χ0v) is 26.1. The summed E-state index contributed by atoms with van der Waals surface area (Å²) in [6.07, 6.45) is 8.77. The lowest BCUT2D eigenvalue weighted by molar-refractivity contribution is -0.199. The molecule has 3 saturated carbocycles. The molecule has 1 aromatic rings. The number of likely N-dealkylation sites (tertiary alicyclic amines) is 1. The van der Waals surface area contributed by atoms with Crippen molar-refractivity contribution in [3.05, 3.63) is 47.5 Å². The first-order valence-corrected chi connectivity index (χ1v) is 16.1. The van der Waals surface area contributed by atoms with Gasteiger partial charge in [0.25, 0.3) is 5.91 Å². The van der Waals surface area contributed by atoms with Crippen LogP contribution in [0.5, 0.6) is 0 Å². The van der Waals surface area contributed by atoms with Crippen LogP contribution >= 0.6 is 0 Å². The zero-order valence-electron chi connectivity index (χ0n) is 26.1. The van der Waals surface area contributed by atoms with Crippen LogP contribution in [0.3, 0.4) is 0 Å². The molecule has 2 heterocycles. The fraction of sp³-hybridized carbons (Fsp3) is 0.676. The highest BCUT2D eigenvalue weighted by molar-refractivity contribution is 6.48. The Bertz CT molecular complexity index is 1200. The van der Waals surface area contributed by atoms with Crippen molar-refractivity contribution in [1.29, 1.82) is 5.26 Å². The molecule has 42 heavy (non-hydrogen) atoms. The van der Waals surface area contributed by atoms with Crippen molar-refractivity contribution < 1.29 is 18.9 Å². The summed E-state index contributed by atoms with van der Waals surface area (Å²) in [5, 5.41) is 12.7. The first-order valence-electron chi connectivity index (χ1n) is 16.1. The van der Waals surface area contributed by atoms with E-state index in [0.717, 1.165) is 37.7 Å². The first kappa shape index (κ1) is 30.8. The van der Waals surface area contributed by atoms with Crippen LogP contribution in [0.15, 0.2) is 42.0 Å². The van der Waals surface area contributed by atoms with E-state index in [0.29, 0.717) is 43.7 Å². The Balaban J connectivity index is 1.13. The van der Waals surface area contributed by atoms with E-state index in [1.165, 1.54) is 6.42 Å². The third kappa shape index (κ3) is 6.33. The molecule has 5 fully saturated rings. The van der Waals surface area contributed by atoms with E-state index in [1.54, 1.807) is 11.0 Å². The SMILES string of the molecule is CC(C)/C=C(\C#N)C(=O)N1CCC(CCCC(=O)N[C@@H](Cc2ccccc2)B2O[C@@H]3C[C@@H]4C[C@@H](C4(C)C)[C@]3(C)O2)CC1. The number of nitrogens with one attached hydrogen (secondary N) is 1. The van der Waals surface area contributed by atoms with Gasteiger partial charge in [0.1, 0.15) is 11.6 Å². The molecule has 8 heteroatoms. The molecule has 2 bridgehead atoms. The number of hydrogen-bond donors (Lipinski definition) is 1. The fourth-order valence-electron chi connectivity index (χ4n) is 8.07. The van der Waals surface area contributed by atoms with Gasteiger partial charge in [0, 0.05) is 19.5 Å². The smallest absolute Gasteiger partial charge is 0.404 e. The van der Waals surface area contributed by atoms with Gasteiger partial charge < -0.3 is 19.5 Å². The first-order chi connectivity index (χ1) is 20.0. The maximum atomic E-state index is 13.2. The van der Waals surface area contributed by atoms with Crippen molar-refractivity contribution >= 4 is 18.9 Å². The Hall–Kier alpha value is -2.63. The second-order valence-electron chi connectivity index (χ2n) is 14.3. The number of nitriles is 1. The van der Waals surface area contributed by atoms with Crippen LogP contribution in [0.2, 0.25) is 0 Å². The summed E-state index contributed by atoms with van der Waals surface area (Å²) in [4.78, 5) is 27.8. The van der Waals surface area contributed by atoms with Gasteiger partial charge in [0.15, 0.2) is 0 Å². The maximum Gasteiger partial charge on any atom is 0.482 e. The molecule has 0 unspecified atom stereocenters. The van der Waals surface area contributed by atoms with Gasteiger partial charge >= 0.3 is 7.12 Å². The number of carbonyl (C=O) groups excluding carboxylic acids is 2. The van der Waals surface area contributed by atoms with Crippen molar-refractivity contribution in [1.82, 2.24) is 10.2 Å². The molecule has 2 amide bonds. The second-order valence-corrected chi connectivity index (χ2v) is 14.3. The monoisotopic (exact) mass is 573 g/mol. The molecular formula is C34H48BN3O4. The van der Waals surface area contributed by atoms with Gasteiger partial charge in [-0.05, 0) is 86.5 Å². The van der Waals surface area contributed by atoms with Crippen LogP contribution in [-0.4, -0.2) is 54.6 Å². The summed E-state index contributed by atoms with van der Waals surface area (Å²) in [5.74, 6) is 1.45. The maximum absolute atomic E-state index is 13.2. The van der Waals surface area contributed by atoms with Gasteiger partial charge in [-0.15, -0.1) is 0 Å². The van der Waals surface area contributed by atoms with Crippen LogP contribution in [0.4, 0.5) is 0 Å². The Kier molecular flexibility index (Phi) is 9.20. The molecule has 0 radical (unpaired) electrons. The van der Waals surface area contributed by atoms with Crippen LogP contribution in [0.25, 0.3) is 0 Å². The van der Waals surface area contributed by atoms with Gasteiger partial charge in [-0.3, -0.25) is 9.59 Å². The van der Waals surface area contributed by atoms with Gasteiger partial charge in [0.05, 0.1) is 17.6 Å². The van der Waals surface area contributed by atoms with Crippen LogP contribution in [0.1, 0.15) is 85.1 Å². The number of hydrogen-bond acceptors (Lipinski definition) is 5. The van der Waals surface area contributed by atoms with Gasteiger partial charge in [-0.1, -0.05) is 64.1 Å². The minimum Gasteiger partial charge on any atom is -0.404 e. The standard InChI is InChI=1S/C34H48BN3O4/c1-23(2)18-26(22-36)32(40)38-16-14-24(15-17-38)12-9-13-31(39)37-30(19-25-10-7-6-8-11-25)35-41-29-21-27-20-28(33(27,3)4)34(29,5)42-35/h6-8,10-11,18,23-24,27-30H,9,12-17,19-21H2,1-5H3,(H,37,39)/b26-18+/t27-,28-,29+,30-,34-/m0/s1. The van der Waals surface area contributed by atoms with Crippen LogP contribution < -0.4 is 5.32 Å². The molecule has 0 spiro atoms. The average molecular weight is 574 g/mol. The second kappa shape index (κ2) is 12.5. The van der Waals surface area contributed by atoms with Crippen molar-refractivity contribution in [2.75, 3.05) is 13.1 Å². The number of carbonyl (C=O) groups is 2. The van der Waals surface area contributed by atoms with Gasteiger partial charge in [0.2, 0.25) is 5.91 Å². The van der Waals surface area contributed by atoms with E-state index in [9.17, 15) is 14.9 Å². The topological polar surface area (TPSA) is 91.7 Å². The highest BCUT2D eigenvalue weighted by Gasteiger charge is 2.68. The number of amides is 2. The molecule has 1 aromatic carbocycles. The Morgan fingerprint density at radius 1 is 1.17 bits per heavy atom. The Labute approximate surface area is 252 Å². The van der Waals surface area contributed by atoms with Crippen molar-refractivity contribution in [3.8, 4) is 6.07 Å². The average Bonchev–Trinajstić information content (AvgIpc) is 3.33. The van der Waals surface area contributed by atoms with Crippen LogP contribution in [0, 0.1) is 40.4 Å². The summed E-state index contributed by atoms with van der Waals surface area (Å²) in [5.41, 5.74) is 1.36. The summed E-state index contributed by atoms with van der Waals surface area (Å²) in [6.45, 7) is 12.2. The minimum absolute atomic E-state index is 0.0397. The number of rotatable bonds is 10. The molecule has 5 aliphatic rings. The molecule has 2 saturated heterocycles. The predicted octanol–water partition coefficient (Wildman–Crippen LogP) is 5.50. The molecule has 226 valence electrons. The summed E-state index contributed by atoms with van der Waals surface area (Å²) in [6, 6.07) is 12.3. The van der Waals surface area contributed by atoms with E-state index in [4.69, 9.17) is 9.31 Å². The highest BCUT2D eigenvalue weighted by atomic mass is 16.7. The third-order valence-electron chi connectivity index (χ3n) is 10.7. The number of benzene rings is 1. The largest absolute Gasteiger partial charge is 0.482 e. The molecule has 2 aliphatic heterocycles. The molecule has 5 atom stereocenters. The van der Waals surface area contributed by atoms with Gasteiger partial charge in [-0.25, -0.2) is 0 Å². The third-order valence-corrected chi connectivity index (χ3v) is 10.7. The van der Waals surface area contributed by atoms with Crippen LogP contribution in [-0.2, 0) is 25.3 Å². The molecule has 0 aromatic heterocycles. The lowest BCUT2D eigenvalue weighted by Crippen LogP contribution is -2.65. The fourth-order valence-corrected chi connectivity index (χ4v) is 8.07. The molecule has 1 N–H and O–H groups in total. The normalized spacial score (nSPS) is 29.5. The number of allylic oxidation sites excluding steroid dienone is 1. The summed E-state index contributed by atoms with van der Waals surface area (Å²) in [7, 11) is -0.454.